The lowest BCUT2D eigenvalue weighted by Crippen LogP contribution is -2.35. The number of aliphatic hydroxyl groups excluding tert-OH is 2. The van der Waals surface area contributed by atoms with Gasteiger partial charge in [0, 0.05) is 46.1 Å². The number of aromatic carboxylic acids is 1. The molecule has 1 amide bonds. The summed E-state index contributed by atoms with van der Waals surface area (Å²) in [5.74, 6) is -1.03. The van der Waals surface area contributed by atoms with Gasteiger partial charge in [-0.3, -0.25) is 13.9 Å². The minimum absolute atomic E-state index is 0.162. The van der Waals surface area contributed by atoms with Crippen molar-refractivity contribution >= 4 is 83.3 Å². The van der Waals surface area contributed by atoms with E-state index in [4.69, 9.17) is 75.8 Å². The first-order valence-electron chi connectivity index (χ1n) is 26.8. The molecule has 0 spiro atoms. The van der Waals surface area contributed by atoms with E-state index in [0.717, 1.165) is 12.1 Å². The van der Waals surface area contributed by atoms with Crippen LogP contribution in [0.15, 0.2) is 65.0 Å². The third-order valence-electron chi connectivity index (χ3n) is 14.3. The number of carbonyl (C=O) groups excluding carboxylic acids is 1. The van der Waals surface area contributed by atoms with E-state index in [1.165, 1.54) is 12.1 Å². The monoisotopic (exact) mass is 1210 g/mol. The minimum atomic E-state index is -2.61. The highest BCUT2D eigenvalue weighted by atomic mass is 35.5. The van der Waals surface area contributed by atoms with E-state index in [1.54, 1.807) is 57.7 Å². The number of amides is 1. The zero-order chi connectivity index (χ0) is 57.4. The molecule has 5 fully saturated rings. The SMILES string of the molecule is C[Si](C)(C)CCOCn1c(O[C@@H]2CO[C@H]3[C@@H]2OC[C@H]3O)nc2cc(Cl)c(-c3ccc(C(=O)N=S4(=O)CCOCC4)cc3)nc21.C[Si](C)(C)CCOCn1c(O[C@@H]2CO[C@H]3[C@@H]2OC[C@H]3O)nc2cc(Cl)c(-c3ccc(C(=O)O)cc3)nc21. The van der Waals surface area contributed by atoms with Gasteiger partial charge < -0.3 is 58.0 Å². The number of ether oxygens (including phenoxy) is 9. The van der Waals surface area contributed by atoms with Crippen LogP contribution >= 0.6 is 23.2 Å². The van der Waals surface area contributed by atoms with E-state index in [2.05, 4.69) is 53.6 Å². The topological polar surface area (TPSA) is 269 Å². The molecular weight excluding hydrogens is 1150 g/mol. The molecule has 8 atom stereocenters. The molecule has 9 heterocycles. The maximum atomic E-state index is 12.9. The summed E-state index contributed by atoms with van der Waals surface area (Å²) in [5.41, 5.74) is 4.93. The van der Waals surface area contributed by atoms with Crippen molar-refractivity contribution in [2.75, 3.05) is 64.4 Å². The molecule has 6 aromatic rings. The van der Waals surface area contributed by atoms with Gasteiger partial charge in [-0.25, -0.2) is 19.0 Å². The molecule has 5 aliphatic rings. The van der Waals surface area contributed by atoms with Gasteiger partial charge in [0.1, 0.15) is 61.1 Å². The first-order chi connectivity index (χ1) is 38.6. The van der Waals surface area contributed by atoms with Crippen molar-refractivity contribution in [1.82, 2.24) is 29.1 Å². The number of rotatable bonds is 18. The highest BCUT2D eigenvalue weighted by molar-refractivity contribution is 7.94. The number of hydrogen-bond acceptors (Lipinski definition) is 18. The van der Waals surface area contributed by atoms with Crippen LogP contribution in [0, 0.1) is 0 Å². The Hall–Kier alpha value is -4.98. The highest BCUT2D eigenvalue weighted by Gasteiger charge is 2.50. The number of hydrogen-bond donors (Lipinski definition) is 3. The predicted molar refractivity (Wildman–Crippen MR) is 306 cm³/mol. The highest BCUT2D eigenvalue weighted by Crippen LogP contribution is 2.37. The van der Waals surface area contributed by atoms with E-state index in [-0.39, 0.29) is 63.0 Å². The number of aliphatic hydroxyl groups is 2. The van der Waals surface area contributed by atoms with E-state index in [1.807, 2.05) is 0 Å². The normalized spacial score (nSPS) is 24.2. The molecule has 0 aliphatic carbocycles. The quantitative estimate of drug-likeness (QED) is 0.0563. The molecule has 81 heavy (non-hydrogen) atoms. The molecule has 0 radical (unpaired) electrons. The van der Waals surface area contributed by atoms with Crippen LogP contribution in [0.3, 0.4) is 0 Å². The van der Waals surface area contributed by atoms with Gasteiger partial charge in [-0.1, -0.05) is 86.7 Å². The number of aromatic nitrogens is 6. The maximum absolute atomic E-state index is 12.9. The Balaban J connectivity index is 0.000000185. The van der Waals surface area contributed by atoms with E-state index in [9.17, 15) is 29.1 Å². The lowest BCUT2D eigenvalue weighted by molar-refractivity contribution is 0.00332. The average Bonchev–Trinajstić information content (AvgIpc) is 4.19. The number of pyridine rings is 2. The summed E-state index contributed by atoms with van der Waals surface area (Å²) in [4.78, 5) is 43.0. The number of fused-ring (bicyclic) bond motifs is 4. The van der Waals surface area contributed by atoms with Crippen LogP contribution in [0.1, 0.15) is 20.7 Å². The van der Waals surface area contributed by atoms with Crippen LogP contribution in [-0.2, 0) is 56.3 Å². The second-order valence-corrected chi connectivity index (χ2v) is 37.6. The van der Waals surface area contributed by atoms with E-state index in [0.29, 0.717) is 92.9 Å². The maximum Gasteiger partial charge on any atom is 0.335 e. The number of carbonyl (C=O) groups is 2. The fraction of sp³-hybridized carbons (Fsp3) is 0.519. The van der Waals surface area contributed by atoms with E-state index >= 15 is 0 Å². The van der Waals surface area contributed by atoms with Gasteiger partial charge in [-0.2, -0.15) is 14.3 Å². The second-order valence-electron chi connectivity index (χ2n) is 23.0. The first-order valence-corrected chi connectivity index (χ1v) is 36.9. The van der Waals surface area contributed by atoms with Crippen molar-refractivity contribution in [3.05, 3.63) is 81.8 Å². The number of imidazole rings is 2. The van der Waals surface area contributed by atoms with Crippen LogP contribution < -0.4 is 9.47 Å². The lowest BCUT2D eigenvalue weighted by atomic mass is 10.1. The third kappa shape index (κ3) is 13.8. The van der Waals surface area contributed by atoms with Crippen LogP contribution in [0.25, 0.3) is 44.8 Å². The number of halogens is 2. The molecule has 3 N–H and O–H groups in total. The molecule has 11 rings (SSSR count). The number of benzene rings is 2. The molecule has 0 bridgehead atoms. The van der Waals surface area contributed by atoms with Crippen molar-refractivity contribution in [2.24, 2.45) is 4.36 Å². The van der Waals surface area contributed by atoms with Crippen molar-refractivity contribution in [3.8, 4) is 34.5 Å². The second kappa shape index (κ2) is 24.7. The predicted octanol–water partition coefficient (Wildman–Crippen LogP) is 7.28. The van der Waals surface area contributed by atoms with Crippen molar-refractivity contribution < 1.29 is 71.7 Å². The summed E-state index contributed by atoms with van der Waals surface area (Å²) in [7, 11) is -5.20. The van der Waals surface area contributed by atoms with Crippen LogP contribution in [0.2, 0.25) is 61.4 Å². The molecule has 4 aromatic heterocycles. The smallest absolute Gasteiger partial charge is 0.335 e. The molecule has 2 aromatic carbocycles. The fourth-order valence-corrected chi connectivity index (χ4v) is 13.2. The molecule has 5 aliphatic heterocycles. The summed E-state index contributed by atoms with van der Waals surface area (Å²) >= 11 is 13.3. The molecule has 436 valence electrons. The summed E-state index contributed by atoms with van der Waals surface area (Å²) in [6, 6.07) is 19.1. The number of carboxylic acid groups (broad SMARTS) is 1. The van der Waals surface area contributed by atoms with E-state index < -0.39 is 86.6 Å². The molecular formula is C54H67Cl2N7O15SSi2. The third-order valence-corrected chi connectivity index (χ3v) is 20.4. The van der Waals surface area contributed by atoms with Crippen LogP contribution in [-0.4, -0.2) is 190 Å². The van der Waals surface area contributed by atoms with Crippen molar-refractivity contribution in [3.63, 3.8) is 0 Å². The first kappa shape index (κ1) is 59.2. The number of carboxylic acids is 1. The summed E-state index contributed by atoms with van der Waals surface area (Å²) in [6.07, 6.45) is -3.95. The van der Waals surface area contributed by atoms with Gasteiger partial charge in [0.25, 0.3) is 5.91 Å². The average molecular weight is 1210 g/mol. The standard InChI is InChI=1S/C29H37ClN4O8SSi.C25H30ClN3O7Si/c1-44(2,3)13-10-39-17-34-27-21(31-29(34)42-23-16-41-25-22(35)15-40-26(23)25)14-20(30)24(32-27)18-4-6-19(7-5-18)28(36)33-43(37)11-8-38-9-12-43;1-37(2,3)9-8-33-13-29-23-17(27-25(29)36-19-12-35-21-18(30)11-34-22(19)21)10-16(26)20(28-23)14-4-6-15(7-5-14)24(31)32/h4-7,14,22-23,25-26,35H,8-13,15-17H2,1-3H3;4-7,10,18-19,21-22,30H,8-9,11-13H2,1-3H3,(H,31,32)/t22-,23-,25-,26-;18-,19-,21-,22-/m11/s1. The Labute approximate surface area is 480 Å². The molecule has 0 saturated carbocycles. The molecule has 5 saturated heterocycles. The van der Waals surface area contributed by atoms with Gasteiger partial charge in [0.2, 0.25) is 0 Å². The summed E-state index contributed by atoms with van der Waals surface area (Å²) in [5, 5.41) is 30.2. The molecule has 22 nitrogen and oxygen atoms in total. The van der Waals surface area contributed by atoms with Crippen molar-refractivity contribution in [1.29, 1.82) is 0 Å². The lowest BCUT2D eigenvalue weighted by Gasteiger charge is -2.19. The Morgan fingerprint density at radius 1 is 0.642 bits per heavy atom. The van der Waals surface area contributed by atoms with Gasteiger partial charge >= 0.3 is 18.0 Å². The summed E-state index contributed by atoms with van der Waals surface area (Å²) in [6.45, 7) is 16.8. The van der Waals surface area contributed by atoms with Crippen molar-refractivity contribution in [2.45, 2.75) is 114 Å². The van der Waals surface area contributed by atoms with Gasteiger partial charge in [-0.15, -0.1) is 0 Å². The minimum Gasteiger partial charge on any atom is -0.478 e. The Morgan fingerprint density at radius 2 is 1.06 bits per heavy atom. The molecule has 0 unspecified atom stereocenters. The molecule has 27 heteroatoms. The largest absolute Gasteiger partial charge is 0.478 e. The Bertz CT molecular complexity index is 3380. The van der Waals surface area contributed by atoms with Crippen LogP contribution in [0.4, 0.5) is 0 Å². The fourth-order valence-electron chi connectivity index (χ4n) is 9.67. The zero-order valence-corrected chi connectivity index (χ0v) is 50.2. The van der Waals surface area contributed by atoms with Crippen LogP contribution in [0.5, 0.6) is 12.0 Å². The summed E-state index contributed by atoms with van der Waals surface area (Å²) < 4.78 is 73.2. The Morgan fingerprint density at radius 3 is 1.48 bits per heavy atom. The van der Waals surface area contributed by atoms with Gasteiger partial charge in [0.15, 0.2) is 23.5 Å². The van der Waals surface area contributed by atoms with Gasteiger partial charge in [0.05, 0.1) is 87.9 Å². The number of nitrogens with zero attached hydrogens (tertiary/aromatic N) is 7. The zero-order valence-electron chi connectivity index (χ0n) is 45.8. The Kier molecular flexibility index (Phi) is 18.0. The van der Waals surface area contributed by atoms with Gasteiger partial charge in [-0.05, 0) is 48.5 Å².